The number of nitrogens with zero attached hydrogens (tertiary/aromatic N) is 1. The van der Waals surface area contributed by atoms with Gasteiger partial charge in [0.15, 0.2) is 0 Å². The first-order valence-corrected chi connectivity index (χ1v) is 5.11. The van der Waals surface area contributed by atoms with Crippen LogP contribution in [-0.2, 0) is 4.79 Å². The number of rotatable bonds is 2. The number of halogens is 1. The van der Waals surface area contributed by atoms with Crippen molar-refractivity contribution in [3.63, 3.8) is 0 Å². The van der Waals surface area contributed by atoms with E-state index in [1.54, 1.807) is 12.1 Å². The summed E-state index contributed by atoms with van der Waals surface area (Å²) in [6.07, 6.45) is 1.51. The Kier molecular flexibility index (Phi) is 3.16. The van der Waals surface area contributed by atoms with Crippen LogP contribution in [0.5, 0.6) is 0 Å². The van der Waals surface area contributed by atoms with Crippen molar-refractivity contribution in [3.8, 4) is 11.1 Å². The molecule has 0 unspecified atom stereocenters. The maximum absolute atomic E-state index is 10.1. The highest BCUT2D eigenvalue weighted by Crippen LogP contribution is 2.24. The zero-order chi connectivity index (χ0) is 11.4. The van der Waals surface area contributed by atoms with Crippen LogP contribution in [0.4, 0.5) is 5.69 Å². The summed E-state index contributed by atoms with van der Waals surface area (Å²) < 4.78 is 0. The molecule has 0 bridgehead atoms. The normalized spacial score (nSPS) is 9.56. The van der Waals surface area contributed by atoms with Gasteiger partial charge >= 0.3 is 0 Å². The van der Waals surface area contributed by atoms with Gasteiger partial charge in [-0.1, -0.05) is 35.9 Å². The number of hydrogen-bond donors (Lipinski definition) is 0. The first-order valence-electron chi connectivity index (χ1n) is 4.73. The number of benzene rings is 2. The van der Waals surface area contributed by atoms with Gasteiger partial charge in [-0.2, -0.15) is 4.99 Å². The van der Waals surface area contributed by atoms with Crippen molar-refractivity contribution in [3.05, 3.63) is 53.6 Å². The zero-order valence-electron chi connectivity index (χ0n) is 8.35. The Morgan fingerprint density at radius 2 is 1.75 bits per heavy atom. The molecule has 0 aliphatic rings. The highest BCUT2D eigenvalue weighted by molar-refractivity contribution is 6.30. The molecule has 3 heteroatoms. The van der Waals surface area contributed by atoms with E-state index in [9.17, 15) is 4.79 Å². The molecule has 2 aromatic rings. The van der Waals surface area contributed by atoms with Crippen LogP contribution in [-0.4, -0.2) is 6.08 Å². The average Bonchev–Trinajstić information content (AvgIpc) is 2.30. The van der Waals surface area contributed by atoms with Crippen LogP contribution in [0, 0.1) is 0 Å². The highest BCUT2D eigenvalue weighted by atomic mass is 35.5. The predicted octanol–water partition coefficient (Wildman–Crippen LogP) is 3.97. The van der Waals surface area contributed by atoms with E-state index >= 15 is 0 Å². The van der Waals surface area contributed by atoms with Gasteiger partial charge in [0.25, 0.3) is 0 Å². The lowest BCUT2D eigenvalue weighted by Crippen LogP contribution is -1.76. The Hall–Kier alpha value is -1.89. The van der Waals surface area contributed by atoms with Crippen molar-refractivity contribution in [1.82, 2.24) is 0 Å². The van der Waals surface area contributed by atoms with Gasteiger partial charge in [0.05, 0.1) is 5.69 Å². The van der Waals surface area contributed by atoms with Crippen LogP contribution in [0.15, 0.2) is 53.5 Å². The quantitative estimate of drug-likeness (QED) is 0.566. The zero-order valence-corrected chi connectivity index (χ0v) is 9.11. The van der Waals surface area contributed by atoms with Crippen LogP contribution in [0.25, 0.3) is 11.1 Å². The number of isocyanates is 1. The predicted molar refractivity (Wildman–Crippen MR) is 64.7 cm³/mol. The third-order valence-electron chi connectivity index (χ3n) is 2.20. The van der Waals surface area contributed by atoms with Gasteiger partial charge in [-0.15, -0.1) is 0 Å². The lowest BCUT2D eigenvalue weighted by Gasteiger charge is -2.01. The molecule has 0 radical (unpaired) electrons. The first kappa shape index (κ1) is 10.6. The highest BCUT2D eigenvalue weighted by Gasteiger charge is 1.98. The molecule has 0 saturated heterocycles. The lowest BCUT2D eigenvalue weighted by atomic mass is 10.1. The standard InChI is InChI=1S/C13H8ClNO/c14-12-3-1-2-11(8-12)10-4-6-13(7-5-10)15-9-16/h1-8H. The molecule has 0 aliphatic carbocycles. The van der Waals surface area contributed by atoms with Gasteiger partial charge in [0.2, 0.25) is 6.08 Å². The molecule has 0 aromatic heterocycles. The van der Waals surface area contributed by atoms with Crippen LogP contribution < -0.4 is 0 Å². The fourth-order valence-electron chi connectivity index (χ4n) is 1.45. The molecule has 0 heterocycles. The smallest absolute Gasteiger partial charge is 0.211 e. The van der Waals surface area contributed by atoms with E-state index < -0.39 is 0 Å². The summed E-state index contributed by atoms with van der Waals surface area (Å²) in [4.78, 5) is 13.6. The summed E-state index contributed by atoms with van der Waals surface area (Å²) >= 11 is 5.91. The van der Waals surface area contributed by atoms with Crippen LogP contribution in [0.2, 0.25) is 5.02 Å². The summed E-state index contributed by atoms with van der Waals surface area (Å²) in [7, 11) is 0. The van der Waals surface area contributed by atoms with Gasteiger partial charge in [0, 0.05) is 5.02 Å². The topological polar surface area (TPSA) is 29.4 Å². The number of carbonyl (C=O) groups excluding carboxylic acids is 1. The van der Waals surface area contributed by atoms with Gasteiger partial charge < -0.3 is 0 Å². The van der Waals surface area contributed by atoms with Gasteiger partial charge in [-0.05, 0) is 35.4 Å². The maximum atomic E-state index is 10.1. The van der Waals surface area contributed by atoms with Gasteiger partial charge in [-0.3, -0.25) is 0 Å². The maximum Gasteiger partial charge on any atom is 0.240 e. The van der Waals surface area contributed by atoms with Gasteiger partial charge in [-0.25, -0.2) is 4.79 Å². The molecule has 0 amide bonds. The van der Waals surface area contributed by atoms with Crippen molar-refractivity contribution < 1.29 is 4.79 Å². The minimum atomic E-state index is 0.598. The molecular weight excluding hydrogens is 222 g/mol. The molecule has 0 N–H and O–H groups in total. The molecule has 16 heavy (non-hydrogen) atoms. The molecule has 0 spiro atoms. The van der Waals surface area contributed by atoms with E-state index in [0.717, 1.165) is 11.1 Å². The summed E-state index contributed by atoms with van der Waals surface area (Å²) in [5.41, 5.74) is 2.67. The van der Waals surface area contributed by atoms with E-state index in [0.29, 0.717) is 10.7 Å². The van der Waals surface area contributed by atoms with Crippen molar-refractivity contribution in [2.75, 3.05) is 0 Å². The fraction of sp³-hybridized carbons (Fsp3) is 0. The molecule has 0 saturated carbocycles. The Labute approximate surface area is 98.2 Å². The number of aliphatic imine (C=N–C) groups is 1. The van der Waals surface area contributed by atoms with E-state index in [-0.39, 0.29) is 0 Å². The Bertz CT molecular complexity index is 542. The minimum absolute atomic E-state index is 0.598. The fourth-order valence-corrected chi connectivity index (χ4v) is 1.64. The third-order valence-corrected chi connectivity index (χ3v) is 2.44. The van der Waals surface area contributed by atoms with E-state index in [1.807, 2.05) is 36.4 Å². The second kappa shape index (κ2) is 4.75. The first-order chi connectivity index (χ1) is 7.79. The van der Waals surface area contributed by atoms with E-state index in [4.69, 9.17) is 11.6 Å². The molecule has 0 aliphatic heterocycles. The molecule has 2 aromatic carbocycles. The summed E-state index contributed by atoms with van der Waals surface area (Å²) in [6.45, 7) is 0. The lowest BCUT2D eigenvalue weighted by molar-refractivity contribution is 0.565. The van der Waals surface area contributed by atoms with Crippen LogP contribution in [0.1, 0.15) is 0 Å². The molecule has 0 fully saturated rings. The second-order valence-corrected chi connectivity index (χ2v) is 3.70. The molecular formula is C13H8ClNO. The molecule has 2 nitrogen and oxygen atoms in total. The van der Waals surface area contributed by atoms with E-state index in [1.165, 1.54) is 6.08 Å². The summed E-state index contributed by atoms with van der Waals surface area (Å²) in [5, 5.41) is 0.701. The molecule has 2 rings (SSSR count). The van der Waals surface area contributed by atoms with Crippen LogP contribution in [0.3, 0.4) is 0 Å². The monoisotopic (exact) mass is 229 g/mol. The van der Waals surface area contributed by atoms with Crippen molar-refractivity contribution >= 4 is 23.4 Å². The van der Waals surface area contributed by atoms with E-state index in [2.05, 4.69) is 4.99 Å². The Morgan fingerprint density at radius 3 is 2.38 bits per heavy atom. The third kappa shape index (κ3) is 2.37. The van der Waals surface area contributed by atoms with Crippen molar-refractivity contribution in [1.29, 1.82) is 0 Å². The molecule has 78 valence electrons. The summed E-state index contributed by atoms with van der Waals surface area (Å²) in [5.74, 6) is 0. The Balaban J connectivity index is 2.38. The number of hydrogen-bond acceptors (Lipinski definition) is 2. The SMILES string of the molecule is O=C=Nc1ccc(-c2cccc(Cl)c2)cc1. The average molecular weight is 230 g/mol. The summed E-state index contributed by atoms with van der Waals surface area (Å²) in [6, 6.07) is 14.9. The van der Waals surface area contributed by atoms with Gasteiger partial charge in [0.1, 0.15) is 0 Å². The Morgan fingerprint density at radius 1 is 1.00 bits per heavy atom. The molecule has 0 atom stereocenters. The van der Waals surface area contributed by atoms with Crippen molar-refractivity contribution in [2.45, 2.75) is 0 Å². The minimum Gasteiger partial charge on any atom is -0.211 e. The second-order valence-electron chi connectivity index (χ2n) is 3.26. The van der Waals surface area contributed by atoms with Crippen LogP contribution >= 0.6 is 11.6 Å². The largest absolute Gasteiger partial charge is 0.240 e. The van der Waals surface area contributed by atoms with Crippen molar-refractivity contribution in [2.24, 2.45) is 4.99 Å².